The number of hydrogen-bond donors (Lipinski definition) is 1. The van der Waals surface area contributed by atoms with Crippen LogP contribution in [-0.2, 0) is 11.3 Å². The SMILES string of the molecule is C=CCn1c(SCC(=O)Nc2ccccc2OC)nnc1-c1cnccn1. The number of hydrogen-bond acceptors (Lipinski definition) is 7. The van der Waals surface area contributed by atoms with Crippen molar-refractivity contribution >= 4 is 23.4 Å². The van der Waals surface area contributed by atoms with E-state index in [2.05, 4.69) is 32.1 Å². The lowest BCUT2D eigenvalue weighted by Crippen LogP contribution is -2.15. The number of nitrogens with one attached hydrogen (secondary N) is 1. The van der Waals surface area contributed by atoms with Crippen LogP contribution in [-0.4, -0.2) is 43.5 Å². The second-order valence-electron chi connectivity index (χ2n) is 5.33. The van der Waals surface area contributed by atoms with Gasteiger partial charge in [0.15, 0.2) is 11.0 Å². The van der Waals surface area contributed by atoms with Crippen LogP contribution in [0.1, 0.15) is 0 Å². The molecule has 0 aliphatic carbocycles. The molecule has 3 aromatic rings. The highest BCUT2D eigenvalue weighted by Gasteiger charge is 2.16. The Hall–Kier alpha value is -3.20. The number of benzene rings is 1. The lowest BCUT2D eigenvalue weighted by atomic mass is 10.3. The molecule has 3 rings (SSSR count). The monoisotopic (exact) mass is 382 g/mol. The molecule has 0 aliphatic rings. The van der Waals surface area contributed by atoms with E-state index in [0.717, 1.165) is 0 Å². The second kappa shape index (κ2) is 8.95. The summed E-state index contributed by atoms with van der Waals surface area (Å²) in [6.45, 7) is 4.26. The number of nitrogens with zero attached hydrogens (tertiary/aromatic N) is 5. The molecular formula is C18H18N6O2S. The van der Waals surface area contributed by atoms with Crippen molar-refractivity contribution in [2.75, 3.05) is 18.2 Å². The number of aromatic nitrogens is 5. The van der Waals surface area contributed by atoms with Crippen molar-refractivity contribution in [3.63, 3.8) is 0 Å². The van der Waals surface area contributed by atoms with E-state index in [9.17, 15) is 4.79 Å². The van der Waals surface area contributed by atoms with Gasteiger partial charge in [0.05, 0.1) is 24.7 Å². The van der Waals surface area contributed by atoms with Gasteiger partial charge in [0.1, 0.15) is 11.4 Å². The average Bonchev–Trinajstić information content (AvgIpc) is 3.10. The molecule has 0 fully saturated rings. The Labute approximate surface area is 160 Å². The van der Waals surface area contributed by atoms with Gasteiger partial charge in [0, 0.05) is 18.9 Å². The number of anilines is 1. The number of allylic oxidation sites excluding steroid dienone is 1. The van der Waals surface area contributed by atoms with Gasteiger partial charge >= 0.3 is 0 Å². The predicted molar refractivity (Wildman–Crippen MR) is 104 cm³/mol. The maximum atomic E-state index is 12.3. The summed E-state index contributed by atoms with van der Waals surface area (Å²) in [4.78, 5) is 20.6. The zero-order valence-corrected chi connectivity index (χ0v) is 15.5. The van der Waals surface area contributed by atoms with Crippen LogP contribution in [0.15, 0.2) is 60.7 Å². The Morgan fingerprint density at radius 2 is 2.19 bits per heavy atom. The van der Waals surface area contributed by atoms with Crippen LogP contribution in [0.5, 0.6) is 5.75 Å². The molecule has 27 heavy (non-hydrogen) atoms. The summed E-state index contributed by atoms with van der Waals surface area (Å²) in [5.41, 5.74) is 1.23. The quantitative estimate of drug-likeness (QED) is 0.473. The predicted octanol–water partition coefficient (Wildman–Crippen LogP) is 2.66. The molecule has 2 heterocycles. The summed E-state index contributed by atoms with van der Waals surface area (Å²) in [5.74, 6) is 1.19. The molecule has 8 nitrogen and oxygen atoms in total. The first-order valence-electron chi connectivity index (χ1n) is 8.09. The fraction of sp³-hybridized carbons (Fsp3) is 0.167. The highest BCUT2D eigenvalue weighted by molar-refractivity contribution is 7.99. The number of carbonyl (C=O) groups is 1. The summed E-state index contributed by atoms with van der Waals surface area (Å²) in [6, 6.07) is 7.25. The minimum Gasteiger partial charge on any atom is -0.495 e. The summed E-state index contributed by atoms with van der Waals surface area (Å²) >= 11 is 1.28. The van der Waals surface area contributed by atoms with Crippen molar-refractivity contribution in [3.8, 4) is 17.3 Å². The van der Waals surface area contributed by atoms with Crippen molar-refractivity contribution in [1.29, 1.82) is 0 Å². The van der Waals surface area contributed by atoms with Crippen LogP contribution in [0.3, 0.4) is 0 Å². The van der Waals surface area contributed by atoms with Gasteiger partial charge in [0.25, 0.3) is 0 Å². The Bertz CT molecular complexity index is 929. The molecule has 0 saturated heterocycles. The Balaban J connectivity index is 1.71. The van der Waals surface area contributed by atoms with Crippen LogP contribution >= 0.6 is 11.8 Å². The van der Waals surface area contributed by atoms with Crippen molar-refractivity contribution in [2.45, 2.75) is 11.7 Å². The van der Waals surface area contributed by atoms with Gasteiger partial charge in [-0.2, -0.15) is 0 Å². The van der Waals surface area contributed by atoms with E-state index < -0.39 is 0 Å². The Kier molecular flexibility index (Phi) is 6.16. The van der Waals surface area contributed by atoms with Crippen LogP contribution < -0.4 is 10.1 Å². The Morgan fingerprint density at radius 3 is 2.93 bits per heavy atom. The molecule has 2 aromatic heterocycles. The zero-order chi connectivity index (χ0) is 19.1. The third-order valence-corrected chi connectivity index (χ3v) is 4.50. The van der Waals surface area contributed by atoms with E-state index in [1.807, 2.05) is 16.7 Å². The number of rotatable bonds is 8. The molecule has 1 aromatic carbocycles. The van der Waals surface area contributed by atoms with Crippen molar-refractivity contribution in [3.05, 3.63) is 55.5 Å². The van der Waals surface area contributed by atoms with E-state index in [-0.39, 0.29) is 11.7 Å². The first-order chi connectivity index (χ1) is 13.2. The number of carbonyl (C=O) groups excluding carboxylic acids is 1. The standard InChI is InChI=1S/C18H18N6O2S/c1-3-10-24-17(14-11-19-8-9-20-14)22-23-18(24)27-12-16(25)21-13-6-4-5-7-15(13)26-2/h3-9,11H,1,10,12H2,2H3,(H,21,25). The first kappa shape index (κ1) is 18.6. The van der Waals surface area contributed by atoms with Crippen LogP contribution in [0.25, 0.3) is 11.5 Å². The van der Waals surface area contributed by atoms with E-state index in [1.165, 1.54) is 11.8 Å². The molecule has 0 unspecified atom stereocenters. The number of methoxy groups -OCH3 is 1. The zero-order valence-electron chi connectivity index (χ0n) is 14.7. The summed E-state index contributed by atoms with van der Waals surface area (Å²) < 4.78 is 7.09. The fourth-order valence-electron chi connectivity index (χ4n) is 2.36. The fourth-order valence-corrected chi connectivity index (χ4v) is 3.11. The first-order valence-corrected chi connectivity index (χ1v) is 9.07. The maximum Gasteiger partial charge on any atom is 0.234 e. The molecule has 0 bridgehead atoms. The molecule has 0 atom stereocenters. The van der Waals surface area contributed by atoms with Crippen LogP contribution in [0.2, 0.25) is 0 Å². The van der Waals surface area contributed by atoms with E-state index >= 15 is 0 Å². The molecule has 1 N–H and O–H groups in total. The van der Waals surface area contributed by atoms with Gasteiger partial charge in [-0.3, -0.25) is 14.3 Å². The van der Waals surface area contributed by atoms with Gasteiger partial charge < -0.3 is 10.1 Å². The van der Waals surface area contributed by atoms with Crippen LogP contribution in [0, 0.1) is 0 Å². The molecule has 1 amide bonds. The molecule has 138 valence electrons. The second-order valence-corrected chi connectivity index (χ2v) is 6.28. The summed E-state index contributed by atoms with van der Waals surface area (Å²) in [5, 5.41) is 11.8. The van der Waals surface area contributed by atoms with E-state index in [1.54, 1.807) is 43.9 Å². The highest BCUT2D eigenvalue weighted by Crippen LogP contribution is 2.25. The molecule has 0 aliphatic heterocycles. The third kappa shape index (κ3) is 4.50. The number of amides is 1. The molecular weight excluding hydrogens is 364 g/mol. The molecule has 0 radical (unpaired) electrons. The molecule has 9 heteroatoms. The average molecular weight is 382 g/mol. The van der Waals surface area contributed by atoms with Crippen molar-refractivity contribution < 1.29 is 9.53 Å². The molecule has 0 spiro atoms. The van der Waals surface area contributed by atoms with Gasteiger partial charge in [-0.1, -0.05) is 30.0 Å². The van der Waals surface area contributed by atoms with Crippen molar-refractivity contribution in [2.24, 2.45) is 0 Å². The lowest BCUT2D eigenvalue weighted by molar-refractivity contribution is -0.113. The topological polar surface area (TPSA) is 94.8 Å². The van der Waals surface area contributed by atoms with Gasteiger partial charge in [-0.05, 0) is 12.1 Å². The maximum absolute atomic E-state index is 12.3. The van der Waals surface area contributed by atoms with E-state index in [0.29, 0.717) is 34.7 Å². The summed E-state index contributed by atoms with van der Waals surface area (Å²) in [7, 11) is 1.56. The van der Waals surface area contributed by atoms with Crippen molar-refractivity contribution in [1.82, 2.24) is 24.7 Å². The lowest BCUT2D eigenvalue weighted by Gasteiger charge is -2.10. The van der Waals surface area contributed by atoms with Gasteiger partial charge in [-0.15, -0.1) is 16.8 Å². The summed E-state index contributed by atoms with van der Waals surface area (Å²) in [6.07, 6.45) is 6.54. The normalized spacial score (nSPS) is 10.4. The minimum atomic E-state index is -0.168. The Morgan fingerprint density at radius 1 is 1.33 bits per heavy atom. The number of thioether (sulfide) groups is 1. The smallest absolute Gasteiger partial charge is 0.234 e. The van der Waals surface area contributed by atoms with Crippen LogP contribution in [0.4, 0.5) is 5.69 Å². The number of ether oxygens (including phenoxy) is 1. The van der Waals surface area contributed by atoms with E-state index in [4.69, 9.17) is 4.74 Å². The largest absolute Gasteiger partial charge is 0.495 e. The van der Waals surface area contributed by atoms with Gasteiger partial charge in [-0.25, -0.2) is 4.98 Å². The minimum absolute atomic E-state index is 0.168. The van der Waals surface area contributed by atoms with Gasteiger partial charge in [0.2, 0.25) is 5.91 Å². The highest BCUT2D eigenvalue weighted by atomic mass is 32.2. The number of para-hydroxylation sites is 2. The molecule has 0 saturated carbocycles. The third-order valence-electron chi connectivity index (χ3n) is 3.53.